The molecule has 0 saturated carbocycles. The molecule has 0 fully saturated rings. The van der Waals surface area contributed by atoms with Crippen LogP contribution in [0.4, 0.5) is 5.69 Å². The number of methoxy groups -OCH3 is 2. The maximum Gasteiger partial charge on any atom is 0.132 e. The van der Waals surface area contributed by atoms with Crippen molar-refractivity contribution in [2.24, 2.45) is 0 Å². The number of aromatic nitrogens is 1. The van der Waals surface area contributed by atoms with Gasteiger partial charge in [-0.1, -0.05) is 25.1 Å². The number of fused-ring (bicyclic) bond motifs is 1. The van der Waals surface area contributed by atoms with Crippen molar-refractivity contribution in [3.63, 3.8) is 0 Å². The lowest BCUT2D eigenvalue weighted by Crippen LogP contribution is -2.20. The molecular formula is C21H22N2O2S. The third-order valence-corrected chi connectivity index (χ3v) is 5.77. The highest BCUT2D eigenvalue weighted by molar-refractivity contribution is 7.13. The van der Waals surface area contributed by atoms with E-state index in [1.807, 2.05) is 18.2 Å². The lowest BCUT2D eigenvalue weighted by atomic mass is 10.0. The molecule has 2 heterocycles. The summed E-state index contributed by atoms with van der Waals surface area (Å²) in [7, 11) is 3.33. The Kier molecular flexibility index (Phi) is 4.55. The molecule has 1 unspecified atom stereocenters. The van der Waals surface area contributed by atoms with Gasteiger partial charge in [-0.15, -0.1) is 11.3 Å². The molecule has 2 aromatic carbocycles. The number of hydrogen-bond acceptors (Lipinski definition) is 5. The second-order valence-electron chi connectivity index (χ2n) is 6.55. The summed E-state index contributed by atoms with van der Waals surface area (Å²) < 4.78 is 10.8. The molecule has 5 heteroatoms. The van der Waals surface area contributed by atoms with Gasteiger partial charge in [0.05, 0.1) is 32.0 Å². The zero-order valence-electron chi connectivity index (χ0n) is 15.2. The Hall–Kier alpha value is -2.53. The standard InChI is InChI=1S/C21H22N2O2S/c1-14-11-23(19-7-5-4-6-17(14)19)12-15-13-26-21(22-15)18-9-8-16(24-2)10-20(18)25-3/h4-10,13-14H,11-12H2,1-3H3. The van der Waals surface area contributed by atoms with Crippen LogP contribution >= 0.6 is 11.3 Å². The number of nitrogens with zero attached hydrogens (tertiary/aromatic N) is 2. The van der Waals surface area contributed by atoms with Crippen molar-refractivity contribution in [3.8, 4) is 22.1 Å². The fraction of sp³-hybridized carbons (Fsp3) is 0.286. The number of benzene rings is 2. The van der Waals surface area contributed by atoms with Gasteiger partial charge < -0.3 is 14.4 Å². The summed E-state index contributed by atoms with van der Waals surface area (Å²) in [6.45, 7) is 4.15. The van der Waals surface area contributed by atoms with E-state index in [1.165, 1.54) is 11.3 Å². The first-order chi connectivity index (χ1) is 12.7. The van der Waals surface area contributed by atoms with Gasteiger partial charge in [0.2, 0.25) is 0 Å². The van der Waals surface area contributed by atoms with E-state index in [9.17, 15) is 0 Å². The monoisotopic (exact) mass is 366 g/mol. The second-order valence-corrected chi connectivity index (χ2v) is 7.41. The fourth-order valence-corrected chi connectivity index (χ4v) is 4.38. The van der Waals surface area contributed by atoms with Crippen LogP contribution in [-0.4, -0.2) is 25.7 Å². The van der Waals surface area contributed by atoms with Gasteiger partial charge in [0.15, 0.2) is 0 Å². The summed E-state index contributed by atoms with van der Waals surface area (Å²) >= 11 is 1.65. The van der Waals surface area contributed by atoms with Crippen molar-refractivity contribution in [1.29, 1.82) is 0 Å². The van der Waals surface area contributed by atoms with Crippen molar-refractivity contribution in [3.05, 3.63) is 59.1 Å². The van der Waals surface area contributed by atoms with Crippen molar-refractivity contribution >= 4 is 17.0 Å². The average molecular weight is 366 g/mol. The summed E-state index contributed by atoms with van der Waals surface area (Å²) in [6, 6.07) is 14.5. The molecule has 3 aromatic rings. The topological polar surface area (TPSA) is 34.6 Å². The molecule has 0 aliphatic carbocycles. The van der Waals surface area contributed by atoms with E-state index in [-0.39, 0.29) is 0 Å². The van der Waals surface area contributed by atoms with E-state index in [4.69, 9.17) is 14.5 Å². The summed E-state index contributed by atoms with van der Waals surface area (Å²) in [4.78, 5) is 7.28. The van der Waals surface area contributed by atoms with Crippen LogP contribution < -0.4 is 14.4 Å². The maximum absolute atomic E-state index is 5.52. The number of anilines is 1. The van der Waals surface area contributed by atoms with Crippen LogP contribution in [0.25, 0.3) is 10.6 Å². The van der Waals surface area contributed by atoms with E-state index in [2.05, 4.69) is 41.5 Å². The molecule has 0 N–H and O–H groups in total. The largest absolute Gasteiger partial charge is 0.497 e. The van der Waals surface area contributed by atoms with Crippen molar-refractivity contribution in [1.82, 2.24) is 4.98 Å². The number of ether oxygens (including phenoxy) is 2. The first kappa shape index (κ1) is 16.9. The Balaban J connectivity index is 1.58. The van der Waals surface area contributed by atoms with Crippen LogP contribution in [0.1, 0.15) is 24.1 Å². The van der Waals surface area contributed by atoms with Crippen molar-refractivity contribution < 1.29 is 9.47 Å². The molecule has 26 heavy (non-hydrogen) atoms. The van der Waals surface area contributed by atoms with E-state index in [1.54, 1.807) is 25.6 Å². The quantitative estimate of drug-likeness (QED) is 0.640. The number of para-hydroxylation sites is 1. The highest BCUT2D eigenvalue weighted by atomic mass is 32.1. The van der Waals surface area contributed by atoms with Crippen LogP contribution in [-0.2, 0) is 6.54 Å². The van der Waals surface area contributed by atoms with Crippen LogP contribution in [0.5, 0.6) is 11.5 Å². The Labute approximate surface area is 158 Å². The van der Waals surface area contributed by atoms with Crippen molar-refractivity contribution in [2.75, 3.05) is 25.7 Å². The predicted octanol–water partition coefficient (Wildman–Crippen LogP) is 4.95. The van der Waals surface area contributed by atoms with Crippen LogP contribution in [0.2, 0.25) is 0 Å². The van der Waals surface area contributed by atoms with Crippen LogP contribution in [0.3, 0.4) is 0 Å². The minimum Gasteiger partial charge on any atom is -0.497 e. The minimum absolute atomic E-state index is 0.561. The molecule has 1 aromatic heterocycles. The Bertz CT molecular complexity index is 922. The molecule has 134 valence electrons. The normalized spacial score (nSPS) is 15.8. The molecule has 1 aliphatic rings. The van der Waals surface area contributed by atoms with Gasteiger partial charge in [-0.05, 0) is 23.8 Å². The molecule has 1 atom stereocenters. The lowest BCUT2D eigenvalue weighted by molar-refractivity contribution is 0.395. The lowest BCUT2D eigenvalue weighted by Gasteiger charge is -2.18. The first-order valence-electron chi connectivity index (χ1n) is 8.70. The van der Waals surface area contributed by atoms with Crippen LogP contribution in [0.15, 0.2) is 47.8 Å². The highest BCUT2D eigenvalue weighted by Crippen LogP contribution is 2.38. The molecule has 0 bridgehead atoms. The molecule has 0 spiro atoms. The van der Waals surface area contributed by atoms with Gasteiger partial charge in [-0.3, -0.25) is 0 Å². The fourth-order valence-electron chi connectivity index (χ4n) is 3.54. The third-order valence-electron chi connectivity index (χ3n) is 4.85. The number of rotatable bonds is 5. The molecule has 0 amide bonds. The Morgan fingerprint density at radius 2 is 2.00 bits per heavy atom. The molecular weight excluding hydrogens is 344 g/mol. The van der Waals surface area contributed by atoms with E-state index in [0.29, 0.717) is 5.92 Å². The maximum atomic E-state index is 5.52. The summed E-state index contributed by atoms with van der Waals surface area (Å²) in [5, 5.41) is 3.12. The van der Waals surface area contributed by atoms with Gasteiger partial charge in [0.25, 0.3) is 0 Å². The van der Waals surface area contributed by atoms with Gasteiger partial charge >= 0.3 is 0 Å². The minimum atomic E-state index is 0.561. The van der Waals surface area contributed by atoms with E-state index in [0.717, 1.165) is 40.9 Å². The molecule has 0 saturated heterocycles. The molecule has 4 rings (SSSR count). The summed E-state index contributed by atoms with van der Waals surface area (Å²) in [5.74, 6) is 2.13. The second kappa shape index (κ2) is 7.00. The summed E-state index contributed by atoms with van der Waals surface area (Å²) in [5.41, 5.74) is 4.85. The van der Waals surface area contributed by atoms with Gasteiger partial charge in [0, 0.05) is 29.6 Å². The SMILES string of the molecule is COc1ccc(-c2nc(CN3CC(C)c4ccccc43)cs2)c(OC)c1. The highest BCUT2D eigenvalue weighted by Gasteiger charge is 2.25. The van der Waals surface area contributed by atoms with Gasteiger partial charge in [-0.2, -0.15) is 0 Å². The molecule has 4 nitrogen and oxygen atoms in total. The number of thiazole rings is 1. The number of hydrogen-bond donors (Lipinski definition) is 0. The summed E-state index contributed by atoms with van der Waals surface area (Å²) in [6.07, 6.45) is 0. The van der Waals surface area contributed by atoms with E-state index < -0.39 is 0 Å². The zero-order valence-corrected chi connectivity index (χ0v) is 16.0. The van der Waals surface area contributed by atoms with Crippen LogP contribution in [0, 0.1) is 0 Å². The first-order valence-corrected chi connectivity index (χ1v) is 9.58. The van der Waals surface area contributed by atoms with E-state index >= 15 is 0 Å². The van der Waals surface area contributed by atoms with Crippen molar-refractivity contribution in [2.45, 2.75) is 19.4 Å². The smallest absolute Gasteiger partial charge is 0.132 e. The molecule has 1 aliphatic heterocycles. The Morgan fingerprint density at radius 1 is 1.15 bits per heavy atom. The predicted molar refractivity (Wildman–Crippen MR) is 107 cm³/mol. The third kappa shape index (κ3) is 3.03. The Morgan fingerprint density at radius 3 is 2.81 bits per heavy atom. The molecule has 0 radical (unpaired) electrons. The zero-order chi connectivity index (χ0) is 18.1. The van der Waals surface area contributed by atoms with Gasteiger partial charge in [0.1, 0.15) is 16.5 Å². The van der Waals surface area contributed by atoms with Gasteiger partial charge in [-0.25, -0.2) is 4.98 Å². The average Bonchev–Trinajstić information content (AvgIpc) is 3.27.